The lowest BCUT2D eigenvalue weighted by Gasteiger charge is -2.17. The third-order valence-electron chi connectivity index (χ3n) is 3.12. The molecule has 0 aliphatic heterocycles. The SMILES string of the molecule is C#CN(CCc1ccccc1)S(=O)(=O)Cc1ccccc1. The third kappa shape index (κ3) is 4.37. The number of nitrogens with zero attached hydrogens (tertiary/aromatic N) is 1. The highest BCUT2D eigenvalue weighted by molar-refractivity contribution is 7.88. The van der Waals surface area contributed by atoms with Crippen LogP contribution in [0.15, 0.2) is 60.7 Å². The summed E-state index contributed by atoms with van der Waals surface area (Å²) in [6.45, 7) is 0.287. The monoisotopic (exact) mass is 299 g/mol. The Morgan fingerprint density at radius 3 is 1.95 bits per heavy atom. The maximum atomic E-state index is 12.3. The van der Waals surface area contributed by atoms with Gasteiger partial charge in [-0.1, -0.05) is 67.1 Å². The minimum Gasteiger partial charge on any atom is -0.228 e. The standard InChI is InChI=1S/C17H17NO2S/c1-2-18(14-13-16-9-5-3-6-10-16)21(19,20)15-17-11-7-4-8-12-17/h1,3-12H,13-15H2. The Balaban J connectivity index is 2.04. The van der Waals surface area contributed by atoms with Crippen molar-refractivity contribution in [2.24, 2.45) is 0 Å². The zero-order chi connectivity index (χ0) is 15.1. The molecule has 4 heteroatoms. The van der Waals surface area contributed by atoms with Gasteiger partial charge >= 0.3 is 0 Å². The fraction of sp³-hybridized carbons (Fsp3) is 0.176. The predicted octanol–water partition coefficient (Wildman–Crippen LogP) is 2.65. The molecule has 21 heavy (non-hydrogen) atoms. The Morgan fingerprint density at radius 1 is 0.905 bits per heavy atom. The Labute approximate surface area is 126 Å². The van der Waals surface area contributed by atoms with Crippen LogP contribution in [0.25, 0.3) is 0 Å². The average Bonchev–Trinajstić information content (AvgIpc) is 2.49. The maximum Gasteiger partial charge on any atom is 0.245 e. The van der Waals surface area contributed by atoms with E-state index in [1.165, 1.54) is 0 Å². The lowest BCUT2D eigenvalue weighted by atomic mass is 10.1. The molecule has 0 spiro atoms. The highest BCUT2D eigenvalue weighted by Crippen LogP contribution is 2.11. The molecule has 0 atom stereocenters. The highest BCUT2D eigenvalue weighted by atomic mass is 32.2. The fourth-order valence-electron chi connectivity index (χ4n) is 2.02. The largest absolute Gasteiger partial charge is 0.245 e. The lowest BCUT2D eigenvalue weighted by molar-refractivity contribution is 0.511. The van der Waals surface area contributed by atoms with E-state index in [1.807, 2.05) is 48.5 Å². The molecule has 0 aromatic heterocycles. The van der Waals surface area contributed by atoms with Gasteiger partial charge in [0, 0.05) is 12.6 Å². The van der Waals surface area contributed by atoms with E-state index in [4.69, 9.17) is 6.42 Å². The molecule has 0 heterocycles. The molecule has 0 radical (unpaired) electrons. The molecule has 0 unspecified atom stereocenters. The third-order valence-corrected chi connectivity index (χ3v) is 4.78. The van der Waals surface area contributed by atoms with Crippen LogP contribution in [0.4, 0.5) is 0 Å². The molecule has 108 valence electrons. The van der Waals surface area contributed by atoms with E-state index in [-0.39, 0.29) is 12.3 Å². The summed E-state index contributed by atoms with van der Waals surface area (Å²) in [5.74, 6) is -0.0766. The van der Waals surface area contributed by atoms with E-state index in [0.29, 0.717) is 6.42 Å². The average molecular weight is 299 g/mol. The van der Waals surface area contributed by atoms with Crippen molar-refractivity contribution in [2.45, 2.75) is 12.2 Å². The minimum absolute atomic E-state index is 0.0766. The van der Waals surface area contributed by atoms with Crippen molar-refractivity contribution in [2.75, 3.05) is 6.54 Å². The zero-order valence-electron chi connectivity index (χ0n) is 11.6. The van der Waals surface area contributed by atoms with E-state index in [9.17, 15) is 8.42 Å². The van der Waals surface area contributed by atoms with Crippen molar-refractivity contribution < 1.29 is 8.42 Å². The van der Waals surface area contributed by atoms with E-state index in [0.717, 1.165) is 15.4 Å². The summed E-state index contributed by atoms with van der Waals surface area (Å²) in [7, 11) is -3.50. The van der Waals surface area contributed by atoms with Gasteiger partial charge in [0.1, 0.15) is 0 Å². The van der Waals surface area contributed by atoms with Gasteiger partial charge in [-0.25, -0.2) is 12.7 Å². The van der Waals surface area contributed by atoms with Crippen LogP contribution in [0.2, 0.25) is 0 Å². The van der Waals surface area contributed by atoms with Crippen LogP contribution in [-0.2, 0) is 22.2 Å². The Hall–Kier alpha value is -2.25. The fourth-order valence-corrected chi connectivity index (χ4v) is 3.32. The lowest BCUT2D eigenvalue weighted by Crippen LogP contribution is -2.29. The van der Waals surface area contributed by atoms with Crippen LogP contribution >= 0.6 is 0 Å². The number of sulfonamides is 1. The molecule has 3 nitrogen and oxygen atoms in total. The van der Waals surface area contributed by atoms with Crippen molar-refractivity contribution in [3.63, 3.8) is 0 Å². The van der Waals surface area contributed by atoms with Crippen molar-refractivity contribution in [3.05, 3.63) is 71.8 Å². The Bertz CT molecular complexity index is 703. The summed E-state index contributed by atoms with van der Waals surface area (Å²) in [4.78, 5) is 0. The molecular weight excluding hydrogens is 282 g/mol. The number of benzene rings is 2. The topological polar surface area (TPSA) is 37.4 Å². The number of rotatable bonds is 6. The van der Waals surface area contributed by atoms with Gasteiger partial charge < -0.3 is 0 Å². The van der Waals surface area contributed by atoms with Crippen LogP contribution in [0.5, 0.6) is 0 Å². The van der Waals surface area contributed by atoms with Crippen molar-refractivity contribution >= 4 is 10.0 Å². The zero-order valence-corrected chi connectivity index (χ0v) is 12.5. The van der Waals surface area contributed by atoms with Gasteiger partial charge in [-0.3, -0.25) is 0 Å². The molecule has 0 amide bonds. The number of hydrogen-bond donors (Lipinski definition) is 0. The normalized spacial score (nSPS) is 10.8. The second kappa shape index (κ2) is 6.96. The van der Waals surface area contributed by atoms with Gasteiger partial charge in [0.15, 0.2) is 0 Å². The summed E-state index contributed by atoms with van der Waals surface area (Å²) >= 11 is 0. The first-order valence-corrected chi connectivity index (χ1v) is 8.27. The van der Waals surface area contributed by atoms with E-state index in [1.54, 1.807) is 12.1 Å². The van der Waals surface area contributed by atoms with E-state index >= 15 is 0 Å². The predicted molar refractivity (Wildman–Crippen MR) is 84.8 cm³/mol. The van der Waals surface area contributed by atoms with Crippen LogP contribution in [0.1, 0.15) is 11.1 Å². The summed E-state index contributed by atoms with van der Waals surface area (Å²) < 4.78 is 25.8. The Kier molecular flexibility index (Phi) is 5.02. The molecule has 2 aromatic carbocycles. The molecule has 0 N–H and O–H groups in total. The summed E-state index contributed by atoms with van der Waals surface area (Å²) in [6.07, 6.45) is 5.97. The van der Waals surface area contributed by atoms with Gasteiger partial charge in [0.25, 0.3) is 0 Å². The van der Waals surface area contributed by atoms with Crippen molar-refractivity contribution in [1.82, 2.24) is 4.31 Å². The first-order valence-electron chi connectivity index (χ1n) is 6.66. The molecule has 0 fully saturated rings. The second-order valence-electron chi connectivity index (χ2n) is 4.68. The van der Waals surface area contributed by atoms with E-state index < -0.39 is 10.0 Å². The summed E-state index contributed by atoms with van der Waals surface area (Å²) in [6, 6.07) is 21.0. The van der Waals surface area contributed by atoms with Gasteiger partial charge in [-0.2, -0.15) is 0 Å². The Morgan fingerprint density at radius 2 is 1.43 bits per heavy atom. The molecule has 0 saturated heterocycles. The van der Waals surface area contributed by atoms with Crippen LogP contribution < -0.4 is 0 Å². The maximum absolute atomic E-state index is 12.3. The molecule has 2 aromatic rings. The van der Waals surface area contributed by atoms with Crippen LogP contribution in [0, 0.1) is 12.5 Å². The molecule has 0 saturated carbocycles. The van der Waals surface area contributed by atoms with Crippen molar-refractivity contribution in [3.8, 4) is 12.5 Å². The van der Waals surface area contributed by atoms with Crippen molar-refractivity contribution in [1.29, 1.82) is 0 Å². The summed E-state index contributed by atoms with van der Waals surface area (Å²) in [5.41, 5.74) is 1.80. The highest BCUT2D eigenvalue weighted by Gasteiger charge is 2.19. The molecule has 2 rings (SSSR count). The number of terminal acetylenes is 1. The smallest absolute Gasteiger partial charge is 0.228 e. The summed E-state index contributed by atoms with van der Waals surface area (Å²) in [5, 5.41) is 0. The first-order chi connectivity index (χ1) is 10.1. The van der Waals surface area contributed by atoms with E-state index in [2.05, 4.69) is 6.04 Å². The van der Waals surface area contributed by atoms with Crippen LogP contribution in [-0.4, -0.2) is 19.3 Å². The first kappa shape index (κ1) is 15.1. The quantitative estimate of drug-likeness (QED) is 0.607. The van der Waals surface area contributed by atoms with Gasteiger partial charge in [0.2, 0.25) is 10.0 Å². The second-order valence-corrected chi connectivity index (χ2v) is 6.57. The molecule has 0 bridgehead atoms. The minimum atomic E-state index is -3.50. The van der Waals surface area contributed by atoms with Gasteiger partial charge in [-0.05, 0) is 17.5 Å². The molecule has 0 aliphatic carbocycles. The van der Waals surface area contributed by atoms with Gasteiger partial charge in [-0.15, -0.1) is 0 Å². The molecular formula is C17H17NO2S. The van der Waals surface area contributed by atoms with Crippen LogP contribution in [0.3, 0.4) is 0 Å². The number of hydrogen-bond acceptors (Lipinski definition) is 2. The molecule has 0 aliphatic rings. The van der Waals surface area contributed by atoms with Gasteiger partial charge in [0.05, 0.1) is 5.75 Å².